The highest BCUT2D eigenvalue weighted by atomic mass is 16.5. The van der Waals surface area contributed by atoms with Crippen LogP contribution >= 0.6 is 0 Å². The second-order valence-electron chi connectivity index (χ2n) is 4.60. The molecule has 1 heterocycles. The van der Waals surface area contributed by atoms with Gasteiger partial charge in [0.2, 0.25) is 0 Å². The molecule has 5 heteroatoms. The Morgan fingerprint density at radius 2 is 1.90 bits per heavy atom. The molecule has 0 N–H and O–H groups in total. The van der Waals surface area contributed by atoms with Crippen molar-refractivity contribution in [1.82, 2.24) is 9.13 Å². The van der Waals surface area contributed by atoms with E-state index in [4.69, 9.17) is 4.74 Å². The van der Waals surface area contributed by atoms with Crippen LogP contribution in [0.4, 0.5) is 0 Å². The van der Waals surface area contributed by atoms with E-state index < -0.39 is 0 Å². The Kier molecular flexibility index (Phi) is 4.77. The Balaban J connectivity index is 2.42. The van der Waals surface area contributed by atoms with Crippen LogP contribution in [0.15, 0.2) is 52.4 Å². The first-order valence-electron chi connectivity index (χ1n) is 6.76. The van der Waals surface area contributed by atoms with Gasteiger partial charge in [-0.05, 0) is 18.6 Å². The summed E-state index contributed by atoms with van der Waals surface area (Å²) in [6.07, 6.45) is 4.61. The molecule has 0 bridgehead atoms. The van der Waals surface area contributed by atoms with Gasteiger partial charge in [0.15, 0.2) is 0 Å². The molecule has 0 aliphatic rings. The summed E-state index contributed by atoms with van der Waals surface area (Å²) >= 11 is 0. The molecule has 0 atom stereocenters. The van der Waals surface area contributed by atoms with Crippen molar-refractivity contribution in [3.8, 4) is 0 Å². The topological polar surface area (TPSA) is 53.2 Å². The number of rotatable bonds is 5. The van der Waals surface area contributed by atoms with Gasteiger partial charge in [-0.15, -0.1) is 0 Å². The Morgan fingerprint density at radius 3 is 2.57 bits per heavy atom. The zero-order chi connectivity index (χ0) is 15.2. The summed E-state index contributed by atoms with van der Waals surface area (Å²) in [5.41, 5.74) is 0.747. The summed E-state index contributed by atoms with van der Waals surface area (Å²) in [6.45, 7) is 2.81. The van der Waals surface area contributed by atoms with Gasteiger partial charge in [-0.3, -0.25) is 13.9 Å². The molecule has 2 rings (SSSR count). The third-order valence-electron chi connectivity index (χ3n) is 3.09. The highest BCUT2D eigenvalue weighted by molar-refractivity contribution is 5.45. The molecule has 5 nitrogen and oxygen atoms in total. The maximum Gasteiger partial charge on any atom is 0.331 e. The van der Waals surface area contributed by atoms with Crippen LogP contribution in [0.5, 0.6) is 0 Å². The van der Waals surface area contributed by atoms with E-state index in [1.54, 1.807) is 12.3 Å². The molecule has 0 saturated heterocycles. The van der Waals surface area contributed by atoms with E-state index >= 15 is 0 Å². The van der Waals surface area contributed by atoms with Crippen LogP contribution in [0, 0.1) is 0 Å². The van der Waals surface area contributed by atoms with E-state index in [2.05, 4.69) is 0 Å². The van der Waals surface area contributed by atoms with Gasteiger partial charge in [0, 0.05) is 13.2 Å². The van der Waals surface area contributed by atoms with Crippen molar-refractivity contribution in [2.45, 2.75) is 13.5 Å². The zero-order valence-corrected chi connectivity index (χ0v) is 12.2. The second-order valence-corrected chi connectivity index (χ2v) is 4.60. The second kappa shape index (κ2) is 6.74. The van der Waals surface area contributed by atoms with Crippen LogP contribution in [0.25, 0.3) is 6.08 Å². The van der Waals surface area contributed by atoms with Gasteiger partial charge in [-0.25, -0.2) is 4.79 Å². The van der Waals surface area contributed by atoms with E-state index in [0.717, 1.165) is 10.1 Å². The minimum atomic E-state index is -0.336. The van der Waals surface area contributed by atoms with Crippen molar-refractivity contribution in [3.05, 3.63) is 74.8 Å². The van der Waals surface area contributed by atoms with E-state index in [1.807, 2.05) is 37.3 Å². The SMILES string of the molecule is CCO/C=C/c1cn(Cc2ccccc2)c(=O)n(C)c1=O. The fourth-order valence-electron chi connectivity index (χ4n) is 1.98. The lowest BCUT2D eigenvalue weighted by atomic mass is 10.2. The molecule has 0 unspecified atom stereocenters. The molecule has 0 amide bonds. The fourth-order valence-corrected chi connectivity index (χ4v) is 1.98. The van der Waals surface area contributed by atoms with Crippen molar-refractivity contribution in [1.29, 1.82) is 0 Å². The number of ether oxygens (including phenoxy) is 1. The third-order valence-corrected chi connectivity index (χ3v) is 3.09. The molecule has 0 fully saturated rings. The Labute approximate surface area is 122 Å². The summed E-state index contributed by atoms with van der Waals surface area (Å²) in [6, 6.07) is 9.63. The summed E-state index contributed by atoms with van der Waals surface area (Å²) in [7, 11) is 1.48. The van der Waals surface area contributed by atoms with Gasteiger partial charge in [-0.2, -0.15) is 0 Å². The van der Waals surface area contributed by atoms with Gasteiger partial charge in [0.05, 0.1) is 25.0 Å². The van der Waals surface area contributed by atoms with Crippen LogP contribution in [0.3, 0.4) is 0 Å². The number of hydrogen-bond donors (Lipinski definition) is 0. The molecule has 2 aromatic rings. The number of hydrogen-bond acceptors (Lipinski definition) is 3. The minimum Gasteiger partial charge on any atom is -0.501 e. The van der Waals surface area contributed by atoms with E-state index in [-0.39, 0.29) is 11.2 Å². The predicted octanol–water partition coefficient (Wildman–Crippen LogP) is 1.60. The number of nitrogens with zero attached hydrogens (tertiary/aromatic N) is 2. The summed E-state index contributed by atoms with van der Waals surface area (Å²) in [5.74, 6) is 0. The van der Waals surface area contributed by atoms with Crippen LogP contribution < -0.4 is 11.2 Å². The van der Waals surface area contributed by atoms with E-state index in [9.17, 15) is 9.59 Å². The lowest BCUT2D eigenvalue weighted by Crippen LogP contribution is -2.38. The Bertz CT molecular complexity index is 742. The predicted molar refractivity (Wildman–Crippen MR) is 82.1 cm³/mol. The fraction of sp³-hybridized carbons (Fsp3) is 0.250. The van der Waals surface area contributed by atoms with Crippen molar-refractivity contribution in [2.75, 3.05) is 6.61 Å². The van der Waals surface area contributed by atoms with Crippen LogP contribution in [-0.2, 0) is 18.3 Å². The smallest absolute Gasteiger partial charge is 0.331 e. The summed E-state index contributed by atoms with van der Waals surface area (Å²) < 4.78 is 7.73. The van der Waals surface area contributed by atoms with Crippen LogP contribution in [0.1, 0.15) is 18.1 Å². The third kappa shape index (κ3) is 3.51. The lowest BCUT2D eigenvalue weighted by Gasteiger charge is -2.09. The number of benzene rings is 1. The van der Waals surface area contributed by atoms with E-state index in [0.29, 0.717) is 18.7 Å². The zero-order valence-electron chi connectivity index (χ0n) is 12.2. The standard InChI is InChI=1S/C16H18N2O3/c1-3-21-10-9-14-12-18(16(20)17(2)15(14)19)11-13-7-5-4-6-8-13/h4-10,12H,3,11H2,1-2H3/b10-9+. The molecule has 1 aromatic heterocycles. The Morgan fingerprint density at radius 1 is 1.19 bits per heavy atom. The highest BCUT2D eigenvalue weighted by Gasteiger charge is 2.07. The molecule has 0 spiro atoms. The minimum absolute atomic E-state index is 0.333. The summed E-state index contributed by atoms with van der Waals surface area (Å²) in [4.78, 5) is 24.2. The molecule has 110 valence electrons. The van der Waals surface area contributed by atoms with Crippen LogP contribution in [0.2, 0.25) is 0 Å². The average Bonchev–Trinajstić information content (AvgIpc) is 2.51. The van der Waals surface area contributed by atoms with Crippen molar-refractivity contribution < 1.29 is 4.74 Å². The first-order valence-corrected chi connectivity index (χ1v) is 6.76. The van der Waals surface area contributed by atoms with Gasteiger partial charge in [0.25, 0.3) is 5.56 Å². The van der Waals surface area contributed by atoms with Gasteiger partial charge >= 0.3 is 5.69 Å². The van der Waals surface area contributed by atoms with Crippen LogP contribution in [-0.4, -0.2) is 15.7 Å². The monoisotopic (exact) mass is 286 g/mol. The highest BCUT2D eigenvalue weighted by Crippen LogP contribution is 2.01. The van der Waals surface area contributed by atoms with Crippen molar-refractivity contribution in [2.24, 2.45) is 7.05 Å². The summed E-state index contributed by atoms with van der Waals surface area (Å²) in [5, 5.41) is 0. The molecule has 0 radical (unpaired) electrons. The normalized spacial score (nSPS) is 11.0. The van der Waals surface area contributed by atoms with Crippen molar-refractivity contribution >= 4 is 6.08 Å². The van der Waals surface area contributed by atoms with Crippen molar-refractivity contribution in [3.63, 3.8) is 0 Å². The van der Waals surface area contributed by atoms with Gasteiger partial charge < -0.3 is 4.74 Å². The van der Waals surface area contributed by atoms with E-state index in [1.165, 1.54) is 17.9 Å². The molecule has 21 heavy (non-hydrogen) atoms. The quantitative estimate of drug-likeness (QED) is 0.785. The van der Waals surface area contributed by atoms with Gasteiger partial charge in [0.1, 0.15) is 0 Å². The molecule has 0 aliphatic carbocycles. The molecular formula is C16H18N2O3. The first kappa shape index (κ1) is 14.8. The average molecular weight is 286 g/mol. The molecular weight excluding hydrogens is 268 g/mol. The Hall–Kier alpha value is -2.56. The lowest BCUT2D eigenvalue weighted by molar-refractivity contribution is 0.272. The van der Waals surface area contributed by atoms with Gasteiger partial charge in [-0.1, -0.05) is 30.3 Å². The maximum absolute atomic E-state index is 12.1. The first-order chi connectivity index (χ1) is 10.1. The maximum atomic E-state index is 12.1. The largest absolute Gasteiger partial charge is 0.501 e. The molecule has 0 aliphatic heterocycles. The molecule has 1 aromatic carbocycles. The number of aromatic nitrogens is 2. The molecule has 0 saturated carbocycles.